The van der Waals surface area contributed by atoms with E-state index < -0.39 is 0 Å². The molecular weight excluding hydrogens is 330 g/mol. The number of hydrogen-bond acceptors (Lipinski definition) is 3. The number of hydrogen-bond donors (Lipinski definition) is 0. The zero-order valence-corrected chi connectivity index (χ0v) is 20.9. The second kappa shape index (κ2) is 28.1. The maximum absolute atomic E-state index is 2.42. The summed E-state index contributed by atoms with van der Waals surface area (Å²) in [5, 5.41) is 0. The smallest absolute Gasteiger partial charge is 0.00213 e. The van der Waals surface area contributed by atoms with Crippen molar-refractivity contribution in [3.8, 4) is 0 Å². The lowest BCUT2D eigenvalue weighted by atomic mass is 10.1. The van der Waals surface area contributed by atoms with E-state index in [4.69, 9.17) is 0 Å². The van der Waals surface area contributed by atoms with E-state index >= 15 is 0 Å². The first-order valence-corrected chi connectivity index (χ1v) is 12.2. The van der Waals surface area contributed by atoms with Crippen LogP contribution < -0.4 is 0 Å². The Hall–Kier alpha value is -0.120. The summed E-state index contributed by atoms with van der Waals surface area (Å²) in [6.45, 7) is 19.9. The van der Waals surface area contributed by atoms with Gasteiger partial charge in [0, 0.05) is 0 Å². The molecule has 0 N–H and O–H groups in total. The topological polar surface area (TPSA) is 9.72 Å². The molecule has 0 saturated carbocycles. The molecule has 3 rings (SSSR count). The zero-order valence-electron chi connectivity index (χ0n) is 20.9. The molecule has 3 fully saturated rings. The van der Waals surface area contributed by atoms with Crippen LogP contribution in [0.1, 0.15) is 99.3 Å². The van der Waals surface area contributed by atoms with Crippen molar-refractivity contribution in [2.24, 2.45) is 0 Å². The maximum atomic E-state index is 2.42. The average molecular weight is 388 g/mol. The minimum Gasteiger partial charge on any atom is -0.306 e. The van der Waals surface area contributed by atoms with E-state index in [1.54, 1.807) is 0 Å². The van der Waals surface area contributed by atoms with Gasteiger partial charge in [0.25, 0.3) is 0 Å². The van der Waals surface area contributed by atoms with Crippen LogP contribution in [0.15, 0.2) is 0 Å². The van der Waals surface area contributed by atoms with Crippen LogP contribution >= 0.6 is 0 Å². The molecule has 0 spiro atoms. The van der Waals surface area contributed by atoms with Crippen molar-refractivity contribution in [3.05, 3.63) is 0 Å². The molecular formula is C24H57N3. The van der Waals surface area contributed by atoms with Gasteiger partial charge in [0.15, 0.2) is 0 Å². The summed E-state index contributed by atoms with van der Waals surface area (Å²) in [4.78, 5) is 7.18. The van der Waals surface area contributed by atoms with Crippen LogP contribution in [0.3, 0.4) is 0 Å². The van der Waals surface area contributed by atoms with Gasteiger partial charge in [-0.15, -0.1) is 0 Å². The predicted octanol–water partition coefficient (Wildman–Crippen LogP) is 6.38. The van der Waals surface area contributed by atoms with Crippen molar-refractivity contribution >= 4 is 0 Å². The lowest BCUT2D eigenvalue weighted by Crippen LogP contribution is -2.24. The summed E-state index contributed by atoms with van der Waals surface area (Å²) >= 11 is 0. The highest BCUT2D eigenvalue weighted by atomic mass is 15.1. The van der Waals surface area contributed by atoms with Crippen molar-refractivity contribution in [1.82, 2.24) is 14.7 Å². The summed E-state index contributed by atoms with van der Waals surface area (Å²) in [5.41, 5.74) is 0. The molecule has 3 heteroatoms. The second-order valence-corrected chi connectivity index (χ2v) is 7.09. The zero-order chi connectivity index (χ0) is 21.3. The van der Waals surface area contributed by atoms with Crippen LogP contribution in [0.4, 0.5) is 0 Å². The fourth-order valence-corrected chi connectivity index (χ4v) is 3.16. The van der Waals surface area contributed by atoms with Crippen LogP contribution in [0.2, 0.25) is 0 Å². The third kappa shape index (κ3) is 25.9. The fourth-order valence-electron chi connectivity index (χ4n) is 3.16. The van der Waals surface area contributed by atoms with Gasteiger partial charge >= 0.3 is 0 Å². The summed E-state index contributed by atoms with van der Waals surface area (Å²) in [6.07, 6.45) is 12.8. The SMILES string of the molecule is CC.CC.CC.CN1CCCC1.CN1CCCCC1.CN1CCCCCC1. The molecule has 3 heterocycles. The Kier molecular flexibility index (Phi) is 32.8. The van der Waals surface area contributed by atoms with E-state index in [0.717, 1.165) is 0 Å². The van der Waals surface area contributed by atoms with Crippen molar-refractivity contribution in [3.63, 3.8) is 0 Å². The molecule has 3 saturated heterocycles. The Morgan fingerprint density at radius 1 is 0.296 bits per heavy atom. The lowest BCUT2D eigenvalue weighted by Gasteiger charge is -2.20. The summed E-state index contributed by atoms with van der Waals surface area (Å²) < 4.78 is 0. The highest BCUT2D eigenvalue weighted by Crippen LogP contribution is 2.06. The highest BCUT2D eigenvalue weighted by molar-refractivity contribution is 4.59. The maximum Gasteiger partial charge on any atom is -0.00213 e. The van der Waals surface area contributed by atoms with E-state index in [9.17, 15) is 0 Å². The van der Waals surface area contributed by atoms with Crippen LogP contribution in [-0.2, 0) is 0 Å². The van der Waals surface area contributed by atoms with E-state index in [0.29, 0.717) is 0 Å². The molecule has 0 aromatic heterocycles. The van der Waals surface area contributed by atoms with Gasteiger partial charge in [-0.05, 0) is 98.9 Å². The van der Waals surface area contributed by atoms with Crippen molar-refractivity contribution in [2.45, 2.75) is 99.3 Å². The van der Waals surface area contributed by atoms with Gasteiger partial charge in [0.2, 0.25) is 0 Å². The molecule has 27 heavy (non-hydrogen) atoms. The standard InChI is InChI=1S/C7H15N.C6H13N.C5H11N.3C2H6/c1-8-6-4-2-3-5-7-8;1-7-5-3-2-4-6-7;1-6-4-2-3-5-6;3*1-2/h2-7H2,1H3;2-6H2,1H3;2-5H2,1H3;3*1-2H3. The molecule has 3 aliphatic heterocycles. The number of nitrogens with zero attached hydrogens (tertiary/aromatic N) is 3. The van der Waals surface area contributed by atoms with E-state index in [2.05, 4.69) is 35.8 Å². The first-order valence-electron chi connectivity index (χ1n) is 12.2. The Bertz CT molecular complexity index is 214. The molecule has 0 bridgehead atoms. The van der Waals surface area contributed by atoms with Gasteiger partial charge in [-0.3, -0.25) is 0 Å². The molecule has 0 atom stereocenters. The molecule has 0 aromatic carbocycles. The minimum absolute atomic E-state index is 1.32. The summed E-state index contributed by atoms with van der Waals surface area (Å²) in [7, 11) is 6.58. The fraction of sp³-hybridized carbons (Fsp3) is 1.00. The van der Waals surface area contributed by atoms with Gasteiger partial charge in [-0.2, -0.15) is 0 Å². The van der Waals surface area contributed by atoms with Crippen LogP contribution in [-0.4, -0.2) is 75.1 Å². The monoisotopic (exact) mass is 387 g/mol. The van der Waals surface area contributed by atoms with Crippen LogP contribution in [0.25, 0.3) is 0 Å². The van der Waals surface area contributed by atoms with Crippen molar-refractivity contribution in [1.29, 1.82) is 0 Å². The Morgan fingerprint density at radius 3 is 0.630 bits per heavy atom. The summed E-state index contributed by atoms with van der Waals surface area (Å²) in [6, 6.07) is 0. The Labute approximate surface area is 174 Å². The van der Waals surface area contributed by atoms with Gasteiger partial charge in [0.05, 0.1) is 0 Å². The van der Waals surface area contributed by atoms with Gasteiger partial charge in [-0.1, -0.05) is 60.8 Å². The molecule has 0 radical (unpaired) electrons. The molecule has 0 unspecified atom stereocenters. The second-order valence-electron chi connectivity index (χ2n) is 7.09. The molecule has 0 aliphatic carbocycles. The molecule has 3 aliphatic rings. The number of piperidine rings is 1. The third-order valence-electron chi connectivity index (χ3n) is 4.74. The summed E-state index contributed by atoms with van der Waals surface area (Å²) in [5.74, 6) is 0. The quantitative estimate of drug-likeness (QED) is 0.477. The third-order valence-corrected chi connectivity index (χ3v) is 4.74. The molecule has 0 aromatic rings. The molecule has 168 valence electrons. The minimum atomic E-state index is 1.32. The Morgan fingerprint density at radius 2 is 0.444 bits per heavy atom. The number of rotatable bonds is 0. The highest BCUT2D eigenvalue weighted by Gasteiger charge is 2.03. The molecule has 0 amide bonds. The van der Waals surface area contributed by atoms with Crippen LogP contribution in [0, 0.1) is 0 Å². The van der Waals surface area contributed by atoms with Crippen LogP contribution in [0.5, 0.6) is 0 Å². The average Bonchev–Trinajstić information content (AvgIpc) is 3.09. The van der Waals surface area contributed by atoms with Gasteiger partial charge in [-0.25, -0.2) is 0 Å². The first kappa shape index (κ1) is 31.6. The largest absolute Gasteiger partial charge is 0.306 e. The number of likely N-dealkylation sites (tertiary alicyclic amines) is 3. The van der Waals surface area contributed by atoms with Crippen molar-refractivity contribution < 1.29 is 0 Å². The first-order chi connectivity index (χ1) is 13.2. The lowest BCUT2D eigenvalue weighted by molar-refractivity contribution is 0.277. The van der Waals surface area contributed by atoms with Gasteiger partial charge in [0.1, 0.15) is 0 Å². The predicted molar refractivity (Wildman–Crippen MR) is 128 cm³/mol. The normalized spacial score (nSPS) is 20.3. The van der Waals surface area contributed by atoms with E-state index in [-0.39, 0.29) is 0 Å². The van der Waals surface area contributed by atoms with Crippen molar-refractivity contribution in [2.75, 3.05) is 60.4 Å². The van der Waals surface area contributed by atoms with Gasteiger partial charge < -0.3 is 14.7 Å². The van der Waals surface area contributed by atoms with E-state index in [1.165, 1.54) is 97.1 Å². The molecule has 3 nitrogen and oxygen atoms in total. The van der Waals surface area contributed by atoms with E-state index in [1.807, 2.05) is 41.5 Å². The Balaban J connectivity index is -0.000000282.